The average Bonchev–Trinajstić information content (AvgIpc) is 2.67. The van der Waals surface area contributed by atoms with Gasteiger partial charge in [0.15, 0.2) is 0 Å². The third-order valence-electron chi connectivity index (χ3n) is 4.48. The van der Waals surface area contributed by atoms with Crippen LogP contribution in [0.3, 0.4) is 0 Å². The zero-order chi connectivity index (χ0) is 17.5. The first-order valence-corrected chi connectivity index (χ1v) is 10.1. The van der Waals surface area contributed by atoms with Crippen molar-refractivity contribution in [1.82, 2.24) is 9.21 Å². The second-order valence-electron chi connectivity index (χ2n) is 6.23. The molecule has 0 N–H and O–H groups in total. The fourth-order valence-electron chi connectivity index (χ4n) is 2.95. The Labute approximate surface area is 150 Å². The largest absolute Gasteiger partial charge is 0.300 e. The first-order valence-electron chi connectivity index (χ1n) is 8.63. The first-order chi connectivity index (χ1) is 12.1. The summed E-state index contributed by atoms with van der Waals surface area (Å²) in [6.07, 6.45) is 2.67. The fraction of sp³-hybridized carbons (Fsp3) is 0.300. The van der Waals surface area contributed by atoms with Crippen LogP contribution in [0, 0.1) is 0 Å². The van der Waals surface area contributed by atoms with E-state index in [4.69, 9.17) is 0 Å². The van der Waals surface area contributed by atoms with Crippen LogP contribution >= 0.6 is 0 Å². The Bertz CT molecular complexity index is 781. The van der Waals surface area contributed by atoms with Gasteiger partial charge in [-0.1, -0.05) is 60.7 Å². The molecule has 0 atom stereocenters. The lowest BCUT2D eigenvalue weighted by molar-refractivity contribution is 0.191. The maximum absolute atomic E-state index is 12.5. The number of piperazine rings is 1. The highest BCUT2D eigenvalue weighted by Gasteiger charge is 2.24. The van der Waals surface area contributed by atoms with Gasteiger partial charge in [-0.2, -0.15) is 4.31 Å². The zero-order valence-electron chi connectivity index (χ0n) is 14.3. The molecule has 1 fully saturated rings. The van der Waals surface area contributed by atoms with Crippen LogP contribution in [0.5, 0.6) is 0 Å². The maximum atomic E-state index is 12.5. The van der Waals surface area contributed by atoms with Gasteiger partial charge in [0, 0.05) is 38.1 Å². The first kappa shape index (κ1) is 17.9. The van der Waals surface area contributed by atoms with E-state index in [2.05, 4.69) is 29.2 Å². The van der Waals surface area contributed by atoms with E-state index in [1.165, 1.54) is 11.0 Å². The number of rotatable bonds is 6. The van der Waals surface area contributed by atoms with E-state index in [0.717, 1.165) is 31.6 Å². The van der Waals surface area contributed by atoms with E-state index < -0.39 is 10.0 Å². The summed E-state index contributed by atoms with van der Waals surface area (Å²) in [6.45, 7) is 3.64. The van der Waals surface area contributed by atoms with Crippen LogP contribution in [0.2, 0.25) is 0 Å². The fourth-order valence-corrected chi connectivity index (χ4v) is 4.13. The smallest absolute Gasteiger partial charge is 0.236 e. The molecule has 0 spiro atoms. The summed E-state index contributed by atoms with van der Waals surface area (Å²) >= 11 is 0. The van der Waals surface area contributed by atoms with Crippen molar-refractivity contribution in [3.63, 3.8) is 0 Å². The Hall–Kier alpha value is -1.95. The molecule has 4 nitrogen and oxygen atoms in total. The minimum absolute atomic E-state index is 0.552. The van der Waals surface area contributed by atoms with Gasteiger partial charge in [0.1, 0.15) is 0 Å². The quantitative estimate of drug-likeness (QED) is 0.799. The molecule has 0 aliphatic carbocycles. The van der Waals surface area contributed by atoms with Gasteiger partial charge < -0.3 is 4.90 Å². The van der Waals surface area contributed by atoms with Crippen LogP contribution in [0.1, 0.15) is 11.1 Å². The molecule has 1 heterocycles. The van der Waals surface area contributed by atoms with E-state index in [0.29, 0.717) is 13.1 Å². The minimum Gasteiger partial charge on any atom is -0.300 e. The normalized spacial score (nSPS) is 17.1. The highest BCUT2D eigenvalue weighted by atomic mass is 32.2. The topological polar surface area (TPSA) is 40.6 Å². The number of sulfonamides is 1. The van der Waals surface area contributed by atoms with Crippen molar-refractivity contribution in [2.45, 2.75) is 6.42 Å². The highest BCUT2D eigenvalue weighted by Crippen LogP contribution is 2.12. The predicted octanol–water partition coefficient (Wildman–Crippen LogP) is 2.85. The molecule has 1 saturated heterocycles. The van der Waals surface area contributed by atoms with Crippen molar-refractivity contribution in [1.29, 1.82) is 0 Å². The lowest BCUT2D eigenvalue weighted by Crippen LogP contribution is -2.48. The lowest BCUT2D eigenvalue weighted by Gasteiger charge is -2.33. The standard InChI is InChI=1S/C20H24N2O2S/c23-25(24,18-12-20-9-5-2-6-10-20)22-16-14-21(15-17-22)13-11-19-7-3-1-4-8-19/h1-10,12,18H,11,13-17H2. The molecule has 25 heavy (non-hydrogen) atoms. The number of benzene rings is 2. The Morgan fingerprint density at radius 2 is 1.44 bits per heavy atom. The van der Waals surface area contributed by atoms with E-state index in [1.807, 2.05) is 36.4 Å². The van der Waals surface area contributed by atoms with E-state index in [9.17, 15) is 8.42 Å². The molecule has 2 aromatic rings. The Balaban J connectivity index is 1.50. The van der Waals surface area contributed by atoms with Gasteiger partial charge >= 0.3 is 0 Å². The summed E-state index contributed by atoms with van der Waals surface area (Å²) < 4.78 is 26.5. The third-order valence-corrected chi connectivity index (χ3v) is 6.05. The molecule has 0 amide bonds. The predicted molar refractivity (Wildman–Crippen MR) is 103 cm³/mol. The second-order valence-corrected chi connectivity index (χ2v) is 8.05. The minimum atomic E-state index is -3.35. The van der Waals surface area contributed by atoms with Gasteiger partial charge in [0.2, 0.25) is 10.0 Å². The van der Waals surface area contributed by atoms with Crippen LogP contribution < -0.4 is 0 Å². The van der Waals surface area contributed by atoms with Crippen molar-refractivity contribution in [2.75, 3.05) is 32.7 Å². The van der Waals surface area contributed by atoms with Gasteiger partial charge in [0.25, 0.3) is 0 Å². The molecule has 5 heteroatoms. The second kappa shape index (κ2) is 8.43. The van der Waals surface area contributed by atoms with E-state index >= 15 is 0 Å². The van der Waals surface area contributed by atoms with Crippen molar-refractivity contribution < 1.29 is 8.42 Å². The molecule has 0 saturated carbocycles. The number of nitrogens with zero attached hydrogens (tertiary/aromatic N) is 2. The Kier molecular flexibility index (Phi) is 6.02. The maximum Gasteiger partial charge on any atom is 0.236 e. The molecule has 132 valence electrons. The molecule has 0 bridgehead atoms. The SMILES string of the molecule is O=S(=O)(C=Cc1ccccc1)N1CCN(CCc2ccccc2)CC1. The van der Waals surface area contributed by atoms with E-state index in [1.54, 1.807) is 10.4 Å². The molecule has 2 aromatic carbocycles. The molecular weight excluding hydrogens is 332 g/mol. The lowest BCUT2D eigenvalue weighted by atomic mass is 10.1. The summed E-state index contributed by atoms with van der Waals surface area (Å²) in [6, 6.07) is 19.9. The van der Waals surface area contributed by atoms with Gasteiger partial charge in [-0.15, -0.1) is 0 Å². The zero-order valence-corrected chi connectivity index (χ0v) is 15.1. The molecule has 0 unspecified atom stereocenters. The van der Waals surface area contributed by atoms with Crippen molar-refractivity contribution in [2.24, 2.45) is 0 Å². The Morgan fingerprint density at radius 1 is 0.840 bits per heavy atom. The van der Waals surface area contributed by atoms with Crippen molar-refractivity contribution in [3.8, 4) is 0 Å². The Morgan fingerprint density at radius 3 is 2.08 bits per heavy atom. The van der Waals surface area contributed by atoms with Gasteiger partial charge in [0.05, 0.1) is 0 Å². The van der Waals surface area contributed by atoms with Crippen LogP contribution in [-0.2, 0) is 16.4 Å². The van der Waals surface area contributed by atoms with Gasteiger partial charge in [-0.3, -0.25) is 0 Å². The third kappa shape index (κ3) is 5.26. The summed E-state index contributed by atoms with van der Waals surface area (Å²) in [5, 5.41) is 1.32. The van der Waals surface area contributed by atoms with Crippen LogP contribution in [-0.4, -0.2) is 50.3 Å². The molecule has 3 rings (SSSR count). The summed E-state index contributed by atoms with van der Waals surface area (Å²) in [5.74, 6) is 0. The summed E-state index contributed by atoms with van der Waals surface area (Å²) in [7, 11) is -3.35. The van der Waals surface area contributed by atoms with Crippen LogP contribution in [0.15, 0.2) is 66.1 Å². The van der Waals surface area contributed by atoms with Crippen molar-refractivity contribution >= 4 is 16.1 Å². The molecule has 1 aliphatic heterocycles. The molecule has 1 aliphatic rings. The van der Waals surface area contributed by atoms with Crippen LogP contribution in [0.4, 0.5) is 0 Å². The highest BCUT2D eigenvalue weighted by molar-refractivity contribution is 7.92. The van der Waals surface area contributed by atoms with Gasteiger partial charge in [-0.25, -0.2) is 8.42 Å². The number of hydrogen-bond acceptors (Lipinski definition) is 3. The van der Waals surface area contributed by atoms with Crippen molar-refractivity contribution in [3.05, 3.63) is 77.2 Å². The molecule has 0 radical (unpaired) electrons. The van der Waals surface area contributed by atoms with Crippen LogP contribution in [0.25, 0.3) is 6.08 Å². The monoisotopic (exact) mass is 356 g/mol. The summed E-state index contributed by atoms with van der Waals surface area (Å²) in [5.41, 5.74) is 2.22. The average molecular weight is 356 g/mol. The number of hydrogen-bond donors (Lipinski definition) is 0. The van der Waals surface area contributed by atoms with E-state index in [-0.39, 0.29) is 0 Å². The van der Waals surface area contributed by atoms with Gasteiger partial charge in [-0.05, 0) is 23.6 Å². The molecule has 0 aromatic heterocycles. The summed E-state index contributed by atoms with van der Waals surface area (Å²) in [4.78, 5) is 2.33. The molecular formula is C20H24N2O2S.